The molecule has 0 aliphatic carbocycles. The number of aromatic nitrogens is 7. The van der Waals surface area contributed by atoms with Crippen LogP contribution >= 0.6 is 22.1 Å². The Hall–Kier alpha value is -3.89. The first-order valence-electron chi connectivity index (χ1n) is 15.2. The summed E-state index contributed by atoms with van der Waals surface area (Å²) in [4.78, 5) is 16.3. The molecule has 0 spiro atoms. The monoisotopic (exact) mass is 665 g/mol. The van der Waals surface area contributed by atoms with Crippen LogP contribution in [0.4, 0.5) is 5.95 Å². The maximum Gasteiger partial charge on any atom is 0.269 e. The number of tetrazole rings is 1. The molecular weight excluding hydrogens is 627 g/mol. The molecule has 2 atom stereocenters. The largest absolute Gasteiger partial charge is 0.487 e. The van der Waals surface area contributed by atoms with E-state index in [0.717, 1.165) is 37.5 Å². The lowest BCUT2D eigenvalue weighted by molar-refractivity contribution is -0.124. The standard InChI is InChI=1S/C31H39N9O4S2/c1-7-21-17-39(46(42,43)26-12-10-9-11-24(26)44-21)16-20-15-25(45-19(20)4)27(31(5,6)29(41)32-30-34-36-37-35-30)22-13-14-23-28(18(22)3)33-38-40(23)8-2/h9-15,21,27,42-43H,7-8,16-17H2,1-6H3,(H2,32,34,35,36,37,41). The van der Waals surface area contributed by atoms with Crippen LogP contribution in [0.3, 0.4) is 0 Å². The predicted molar refractivity (Wildman–Crippen MR) is 178 cm³/mol. The number of carbonyl (C=O) groups excluding carboxylic acids is 1. The number of ether oxygens (including phenoxy) is 1. The summed E-state index contributed by atoms with van der Waals surface area (Å²) in [5.41, 5.74) is 3.57. The first kappa shape index (κ1) is 32.1. The first-order valence-corrected chi connectivity index (χ1v) is 17.5. The maximum atomic E-state index is 13.9. The molecule has 2 unspecified atom stereocenters. The second-order valence-corrected chi connectivity index (χ2v) is 15.3. The molecule has 46 heavy (non-hydrogen) atoms. The molecule has 0 radical (unpaired) electrons. The SMILES string of the molecule is CCC1CN(Cc2cc(C(c3ccc4c(nnn4CC)c3C)C(C)(C)C(=O)Nc3nn[nH]n3)sc2C)S(O)(O)c2ccccc2O1. The van der Waals surface area contributed by atoms with Crippen LogP contribution in [-0.4, -0.2) is 67.6 Å². The third-order valence-corrected chi connectivity index (χ3v) is 11.9. The Kier molecular flexibility index (Phi) is 8.63. The van der Waals surface area contributed by atoms with Gasteiger partial charge >= 0.3 is 0 Å². The van der Waals surface area contributed by atoms with E-state index in [0.29, 0.717) is 36.7 Å². The number of hydrogen-bond donors (Lipinski definition) is 4. The van der Waals surface area contributed by atoms with Crippen molar-refractivity contribution in [1.82, 2.24) is 39.9 Å². The van der Waals surface area contributed by atoms with Gasteiger partial charge in [-0.2, -0.15) is 9.52 Å². The van der Waals surface area contributed by atoms with Crippen LogP contribution in [0.15, 0.2) is 47.4 Å². The second-order valence-electron chi connectivity index (χ2n) is 12.1. The number of nitrogens with zero attached hydrogens (tertiary/aromatic N) is 7. The van der Waals surface area contributed by atoms with Gasteiger partial charge in [-0.05, 0) is 73.4 Å². The molecule has 2 aromatic carbocycles. The van der Waals surface area contributed by atoms with Crippen LogP contribution in [0.25, 0.3) is 11.0 Å². The molecule has 4 heterocycles. The van der Waals surface area contributed by atoms with Gasteiger partial charge in [0.15, 0.2) is 0 Å². The Bertz CT molecular complexity index is 1870. The summed E-state index contributed by atoms with van der Waals surface area (Å²) in [5, 5.41) is 25.4. The summed E-state index contributed by atoms with van der Waals surface area (Å²) >= 11 is 1.60. The number of H-pyrrole nitrogens is 1. The van der Waals surface area contributed by atoms with Crippen molar-refractivity contribution in [3.8, 4) is 5.75 Å². The molecule has 0 bridgehead atoms. The minimum atomic E-state index is -3.33. The van der Waals surface area contributed by atoms with Gasteiger partial charge in [0, 0.05) is 28.8 Å². The Balaban J connectivity index is 1.43. The summed E-state index contributed by atoms with van der Waals surface area (Å²) in [6.07, 6.45) is 0.504. The smallest absolute Gasteiger partial charge is 0.269 e. The second kappa shape index (κ2) is 12.4. The summed E-state index contributed by atoms with van der Waals surface area (Å²) in [7, 11) is -3.33. The van der Waals surface area contributed by atoms with Crippen molar-refractivity contribution in [2.45, 2.75) is 78.0 Å². The van der Waals surface area contributed by atoms with Gasteiger partial charge in [-0.3, -0.25) is 19.2 Å². The molecule has 0 fully saturated rings. The Morgan fingerprint density at radius 2 is 1.98 bits per heavy atom. The van der Waals surface area contributed by atoms with E-state index >= 15 is 0 Å². The van der Waals surface area contributed by atoms with Crippen LogP contribution < -0.4 is 10.1 Å². The van der Waals surface area contributed by atoms with Crippen LogP contribution in [0, 0.1) is 19.3 Å². The van der Waals surface area contributed by atoms with E-state index in [1.807, 2.05) is 58.4 Å². The number of rotatable bonds is 9. The van der Waals surface area contributed by atoms with E-state index < -0.39 is 22.1 Å². The summed E-state index contributed by atoms with van der Waals surface area (Å²) < 4.78 is 33.0. The maximum absolute atomic E-state index is 13.9. The zero-order valence-electron chi connectivity index (χ0n) is 26.7. The average molecular weight is 666 g/mol. The lowest BCUT2D eigenvalue weighted by Gasteiger charge is -2.41. The van der Waals surface area contributed by atoms with Gasteiger partial charge in [-0.1, -0.05) is 49.3 Å². The van der Waals surface area contributed by atoms with Crippen LogP contribution in [0.1, 0.15) is 66.5 Å². The Labute approximate surface area is 272 Å². The zero-order valence-corrected chi connectivity index (χ0v) is 28.3. The van der Waals surface area contributed by atoms with Crippen molar-refractivity contribution < 1.29 is 18.6 Å². The number of fused-ring (bicyclic) bond motifs is 2. The highest BCUT2D eigenvalue weighted by Gasteiger charge is 2.42. The third-order valence-electron chi connectivity index (χ3n) is 8.80. The molecule has 0 saturated carbocycles. The number of carbonyl (C=O) groups is 1. The number of amides is 1. The topological polar surface area (TPSA) is 167 Å². The van der Waals surface area contributed by atoms with Gasteiger partial charge in [0.25, 0.3) is 5.95 Å². The molecule has 6 rings (SSSR count). The van der Waals surface area contributed by atoms with Crippen molar-refractivity contribution in [2.75, 3.05) is 11.9 Å². The highest BCUT2D eigenvalue weighted by molar-refractivity contribution is 8.22. The van der Waals surface area contributed by atoms with E-state index in [2.05, 4.69) is 48.4 Å². The lowest BCUT2D eigenvalue weighted by Crippen LogP contribution is -2.37. The molecule has 5 aromatic rings. The molecule has 15 heteroatoms. The Morgan fingerprint density at radius 3 is 2.70 bits per heavy atom. The number of anilines is 1. The minimum Gasteiger partial charge on any atom is -0.487 e. The summed E-state index contributed by atoms with van der Waals surface area (Å²) in [6.45, 7) is 13.2. The first-order chi connectivity index (χ1) is 21.9. The molecular formula is C31H39N9O4S2. The van der Waals surface area contributed by atoms with Crippen molar-refractivity contribution in [2.24, 2.45) is 5.41 Å². The predicted octanol–water partition coefficient (Wildman–Crippen LogP) is 6.14. The van der Waals surface area contributed by atoms with E-state index in [9.17, 15) is 13.9 Å². The molecule has 1 aliphatic rings. The highest BCUT2D eigenvalue weighted by Crippen LogP contribution is 2.58. The Morgan fingerprint density at radius 1 is 1.20 bits per heavy atom. The van der Waals surface area contributed by atoms with Crippen molar-refractivity contribution in [1.29, 1.82) is 0 Å². The van der Waals surface area contributed by atoms with Crippen molar-refractivity contribution in [3.05, 3.63) is 68.9 Å². The number of para-hydroxylation sites is 1. The molecule has 13 nitrogen and oxygen atoms in total. The molecule has 1 aliphatic heterocycles. The van der Waals surface area contributed by atoms with Gasteiger partial charge in [0.2, 0.25) is 5.91 Å². The number of thiophene rings is 1. The molecule has 4 N–H and O–H groups in total. The zero-order chi connectivity index (χ0) is 32.8. The lowest BCUT2D eigenvalue weighted by atomic mass is 9.72. The number of hydrogen-bond acceptors (Lipinski definition) is 11. The number of aromatic amines is 1. The highest BCUT2D eigenvalue weighted by atomic mass is 32.3. The minimum absolute atomic E-state index is 0.0947. The fraction of sp³-hybridized carbons (Fsp3) is 0.419. The molecule has 0 saturated heterocycles. The fourth-order valence-electron chi connectivity index (χ4n) is 6.10. The summed E-state index contributed by atoms with van der Waals surface area (Å²) in [6, 6.07) is 13.3. The molecule has 3 aromatic heterocycles. The number of aryl methyl sites for hydroxylation is 3. The van der Waals surface area contributed by atoms with E-state index in [-0.39, 0.29) is 18.0 Å². The van der Waals surface area contributed by atoms with Crippen LogP contribution in [0.2, 0.25) is 0 Å². The third kappa shape index (κ3) is 5.66. The van der Waals surface area contributed by atoms with Crippen LogP contribution in [0.5, 0.6) is 5.75 Å². The van der Waals surface area contributed by atoms with E-state index in [1.54, 1.807) is 33.8 Å². The molecule has 244 valence electrons. The van der Waals surface area contributed by atoms with E-state index in [1.165, 1.54) is 0 Å². The quantitative estimate of drug-likeness (QED) is 0.144. The van der Waals surface area contributed by atoms with Gasteiger partial charge in [-0.15, -0.1) is 32.3 Å². The van der Waals surface area contributed by atoms with Crippen LogP contribution in [-0.2, 0) is 17.9 Å². The molecule has 1 amide bonds. The fourth-order valence-corrected chi connectivity index (χ4v) is 9.06. The van der Waals surface area contributed by atoms with Gasteiger partial charge in [-0.25, -0.2) is 4.68 Å². The normalized spacial score (nSPS) is 18.0. The van der Waals surface area contributed by atoms with Gasteiger partial charge in [0.05, 0.1) is 17.5 Å². The van der Waals surface area contributed by atoms with Crippen molar-refractivity contribution >= 4 is 45.0 Å². The van der Waals surface area contributed by atoms with Crippen molar-refractivity contribution in [3.63, 3.8) is 0 Å². The van der Waals surface area contributed by atoms with E-state index in [4.69, 9.17) is 4.74 Å². The number of nitrogens with one attached hydrogen (secondary N) is 2. The van der Waals surface area contributed by atoms with Gasteiger partial charge in [0.1, 0.15) is 22.3 Å². The number of benzene rings is 2. The average Bonchev–Trinajstić information content (AvgIpc) is 3.77. The summed E-state index contributed by atoms with van der Waals surface area (Å²) in [5.74, 6) is -0.0772. The van der Waals surface area contributed by atoms with Gasteiger partial charge < -0.3 is 4.74 Å².